The SMILES string of the molecule is CCOc1cc(/C=C2\S[C@@H](Nc3ccc(CC)cc3)NC2=O)cc(Br)c1OCc1ccccc1. The molecule has 34 heavy (non-hydrogen) atoms. The number of rotatable bonds is 9. The van der Waals surface area contributed by atoms with E-state index in [1.54, 1.807) is 0 Å². The van der Waals surface area contributed by atoms with E-state index in [0.717, 1.165) is 27.7 Å². The maximum absolute atomic E-state index is 12.6. The monoisotopic (exact) mass is 538 g/mol. The zero-order valence-corrected chi connectivity index (χ0v) is 21.5. The van der Waals surface area contributed by atoms with Crippen LogP contribution in [0.4, 0.5) is 5.69 Å². The van der Waals surface area contributed by atoms with E-state index in [4.69, 9.17) is 9.47 Å². The van der Waals surface area contributed by atoms with Gasteiger partial charge in [0.15, 0.2) is 17.0 Å². The first-order valence-electron chi connectivity index (χ1n) is 11.2. The van der Waals surface area contributed by atoms with Gasteiger partial charge < -0.3 is 20.1 Å². The van der Waals surface area contributed by atoms with Crippen LogP contribution in [0.15, 0.2) is 76.1 Å². The van der Waals surface area contributed by atoms with Gasteiger partial charge in [0.1, 0.15) is 6.61 Å². The summed E-state index contributed by atoms with van der Waals surface area (Å²) in [6, 6.07) is 22.1. The lowest BCUT2D eigenvalue weighted by atomic mass is 10.1. The zero-order valence-electron chi connectivity index (χ0n) is 19.1. The molecule has 3 aromatic rings. The molecule has 3 aromatic carbocycles. The molecule has 1 fully saturated rings. The highest BCUT2D eigenvalue weighted by Gasteiger charge is 2.27. The van der Waals surface area contributed by atoms with Crippen LogP contribution < -0.4 is 20.1 Å². The van der Waals surface area contributed by atoms with E-state index >= 15 is 0 Å². The van der Waals surface area contributed by atoms with E-state index in [1.807, 2.05) is 67.6 Å². The van der Waals surface area contributed by atoms with Crippen LogP contribution in [0, 0.1) is 0 Å². The smallest absolute Gasteiger partial charge is 0.260 e. The summed E-state index contributed by atoms with van der Waals surface area (Å²) in [5.74, 6) is 1.17. The number of benzene rings is 3. The predicted molar refractivity (Wildman–Crippen MR) is 143 cm³/mol. The van der Waals surface area contributed by atoms with Crippen molar-refractivity contribution in [1.82, 2.24) is 5.32 Å². The van der Waals surface area contributed by atoms with E-state index < -0.39 is 0 Å². The van der Waals surface area contributed by atoms with E-state index in [2.05, 4.69) is 45.6 Å². The molecule has 0 spiro atoms. The molecule has 1 atom stereocenters. The summed E-state index contributed by atoms with van der Waals surface area (Å²) in [4.78, 5) is 13.2. The van der Waals surface area contributed by atoms with Crippen LogP contribution in [0.3, 0.4) is 0 Å². The molecule has 0 bridgehead atoms. The van der Waals surface area contributed by atoms with Gasteiger partial charge in [0.2, 0.25) is 0 Å². The summed E-state index contributed by atoms with van der Waals surface area (Å²) in [6.07, 6.45) is 2.87. The number of halogens is 1. The van der Waals surface area contributed by atoms with Crippen molar-refractivity contribution in [2.75, 3.05) is 11.9 Å². The molecular weight excluding hydrogens is 512 g/mol. The molecule has 7 heteroatoms. The Labute approximate surface area is 213 Å². The van der Waals surface area contributed by atoms with Crippen molar-refractivity contribution >= 4 is 45.4 Å². The van der Waals surface area contributed by atoms with Crippen LogP contribution in [-0.2, 0) is 17.8 Å². The Kier molecular flexibility index (Phi) is 8.19. The number of carbonyl (C=O) groups is 1. The molecule has 1 aliphatic heterocycles. The van der Waals surface area contributed by atoms with Crippen LogP contribution in [0.1, 0.15) is 30.5 Å². The fourth-order valence-electron chi connectivity index (χ4n) is 3.51. The molecule has 176 valence electrons. The van der Waals surface area contributed by atoms with Gasteiger partial charge in [-0.2, -0.15) is 0 Å². The maximum Gasteiger partial charge on any atom is 0.260 e. The van der Waals surface area contributed by atoms with Crippen LogP contribution in [0.5, 0.6) is 11.5 Å². The minimum Gasteiger partial charge on any atom is -0.490 e. The van der Waals surface area contributed by atoms with E-state index in [0.29, 0.717) is 29.6 Å². The van der Waals surface area contributed by atoms with E-state index in [1.165, 1.54) is 17.3 Å². The van der Waals surface area contributed by atoms with Crippen molar-refractivity contribution < 1.29 is 14.3 Å². The fourth-order valence-corrected chi connectivity index (χ4v) is 5.07. The summed E-state index contributed by atoms with van der Waals surface area (Å²) < 4.78 is 12.7. The Balaban J connectivity index is 1.49. The van der Waals surface area contributed by atoms with Crippen molar-refractivity contribution in [2.45, 2.75) is 32.4 Å². The second kappa shape index (κ2) is 11.5. The lowest BCUT2D eigenvalue weighted by molar-refractivity contribution is -0.116. The maximum atomic E-state index is 12.6. The largest absolute Gasteiger partial charge is 0.490 e. The molecule has 0 unspecified atom stereocenters. The van der Waals surface area contributed by atoms with Gasteiger partial charge in [-0.25, -0.2) is 0 Å². The van der Waals surface area contributed by atoms with Crippen molar-refractivity contribution in [3.8, 4) is 11.5 Å². The molecule has 0 aliphatic carbocycles. The number of thioether (sulfide) groups is 1. The van der Waals surface area contributed by atoms with E-state index in [-0.39, 0.29) is 11.4 Å². The Morgan fingerprint density at radius 2 is 1.79 bits per heavy atom. The first-order valence-corrected chi connectivity index (χ1v) is 12.9. The normalized spacial score (nSPS) is 16.4. The van der Waals surface area contributed by atoms with Crippen LogP contribution >= 0.6 is 27.7 Å². The lowest BCUT2D eigenvalue weighted by Gasteiger charge is -2.15. The van der Waals surface area contributed by atoms with Crippen molar-refractivity contribution in [3.63, 3.8) is 0 Å². The number of hydrogen-bond donors (Lipinski definition) is 2. The molecule has 5 nitrogen and oxygen atoms in total. The molecular formula is C27H27BrN2O3S. The van der Waals surface area contributed by atoms with Crippen LogP contribution in [-0.4, -0.2) is 18.0 Å². The Morgan fingerprint density at radius 1 is 1.03 bits per heavy atom. The van der Waals surface area contributed by atoms with Gasteiger partial charge in [-0.1, -0.05) is 61.2 Å². The van der Waals surface area contributed by atoms with Gasteiger partial charge >= 0.3 is 0 Å². The highest BCUT2D eigenvalue weighted by Crippen LogP contribution is 2.39. The van der Waals surface area contributed by atoms with Gasteiger partial charge in [0.05, 0.1) is 16.0 Å². The molecule has 1 amide bonds. The number of nitrogens with one attached hydrogen (secondary N) is 2. The minimum absolute atomic E-state index is 0.105. The Morgan fingerprint density at radius 3 is 2.50 bits per heavy atom. The predicted octanol–water partition coefficient (Wildman–Crippen LogP) is 6.59. The molecule has 0 saturated carbocycles. The van der Waals surface area contributed by atoms with Crippen LogP contribution in [0.25, 0.3) is 6.08 Å². The highest BCUT2D eigenvalue weighted by atomic mass is 79.9. The zero-order chi connectivity index (χ0) is 23.9. The third-order valence-electron chi connectivity index (χ3n) is 5.25. The molecule has 4 rings (SSSR count). The molecule has 1 aliphatic rings. The summed E-state index contributed by atoms with van der Waals surface area (Å²) in [5, 5.41) is 6.34. The number of carbonyl (C=O) groups excluding carboxylic acids is 1. The van der Waals surface area contributed by atoms with Crippen molar-refractivity contribution in [3.05, 3.63) is 92.8 Å². The highest BCUT2D eigenvalue weighted by molar-refractivity contribution is 9.10. The molecule has 0 radical (unpaired) electrons. The summed E-state index contributed by atoms with van der Waals surface area (Å²) in [7, 11) is 0. The molecule has 0 aromatic heterocycles. The van der Waals surface area contributed by atoms with Crippen molar-refractivity contribution in [2.24, 2.45) is 0 Å². The van der Waals surface area contributed by atoms with E-state index in [9.17, 15) is 4.79 Å². The minimum atomic E-state index is -0.227. The first-order chi connectivity index (χ1) is 16.6. The second-order valence-electron chi connectivity index (χ2n) is 7.71. The second-order valence-corrected chi connectivity index (χ2v) is 9.71. The summed E-state index contributed by atoms with van der Waals surface area (Å²) in [5.41, 5.74) is 3.95. The Bertz CT molecular complexity index is 1170. The summed E-state index contributed by atoms with van der Waals surface area (Å²) in [6.45, 7) is 5.00. The number of amides is 1. The quantitative estimate of drug-likeness (QED) is 0.301. The first kappa shape index (κ1) is 24.2. The summed E-state index contributed by atoms with van der Waals surface area (Å²) >= 11 is 5.08. The van der Waals surface area contributed by atoms with Gasteiger partial charge in [-0.15, -0.1) is 0 Å². The average Bonchev–Trinajstić information content (AvgIpc) is 3.18. The lowest BCUT2D eigenvalue weighted by Crippen LogP contribution is -2.30. The van der Waals surface area contributed by atoms with Crippen LogP contribution in [0.2, 0.25) is 0 Å². The number of aryl methyl sites for hydroxylation is 1. The van der Waals surface area contributed by atoms with Crippen molar-refractivity contribution in [1.29, 1.82) is 0 Å². The number of hydrogen-bond acceptors (Lipinski definition) is 5. The molecule has 1 heterocycles. The van der Waals surface area contributed by atoms with Gasteiger partial charge in [0.25, 0.3) is 5.91 Å². The van der Waals surface area contributed by atoms with Gasteiger partial charge in [0, 0.05) is 5.69 Å². The standard InChI is InChI=1S/C27H27BrN2O3S/c1-3-18-10-12-21(13-11-18)29-27-30-26(31)24(34-27)16-20-14-22(28)25(23(15-20)32-4-2)33-17-19-8-6-5-7-9-19/h5-16,27,29H,3-4,17H2,1-2H3,(H,30,31)/b24-16-/t27-/m0/s1. The molecule has 2 N–H and O–H groups in total. The number of ether oxygens (including phenoxy) is 2. The number of anilines is 1. The third-order valence-corrected chi connectivity index (χ3v) is 6.86. The topological polar surface area (TPSA) is 59.6 Å². The fraction of sp³-hybridized carbons (Fsp3) is 0.222. The Hall–Kier alpha value is -2.90. The third kappa shape index (κ3) is 6.15. The molecule has 1 saturated heterocycles. The van der Waals surface area contributed by atoms with Gasteiger partial charge in [-0.3, -0.25) is 4.79 Å². The van der Waals surface area contributed by atoms with Gasteiger partial charge in [-0.05, 0) is 76.3 Å². The average molecular weight is 539 g/mol.